The molecular formula is C16H18BrNO2S. The van der Waals surface area contributed by atoms with Crippen LogP contribution in [-0.2, 0) is 16.4 Å². The summed E-state index contributed by atoms with van der Waals surface area (Å²) >= 11 is 3.39. The Labute approximate surface area is 134 Å². The number of rotatable bonds is 6. The van der Waals surface area contributed by atoms with E-state index in [0.29, 0.717) is 16.6 Å². The van der Waals surface area contributed by atoms with Crippen molar-refractivity contribution >= 4 is 26.0 Å². The number of nitrogens with one attached hydrogen (secondary N) is 1. The molecule has 1 unspecified atom stereocenters. The van der Waals surface area contributed by atoms with Gasteiger partial charge in [0.2, 0.25) is 10.0 Å². The Morgan fingerprint density at radius 1 is 1.05 bits per heavy atom. The van der Waals surface area contributed by atoms with Crippen molar-refractivity contribution in [2.45, 2.75) is 24.3 Å². The Hall–Kier alpha value is -1.17. The molecule has 2 aromatic rings. The van der Waals surface area contributed by atoms with Crippen LogP contribution in [0.15, 0.2) is 59.5 Å². The van der Waals surface area contributed by atoms with Crippen molar-refractivity contribution in [3.63, 3.8) is 0 Å². The number of hydrogen-bond acceptors (Lipinski definition) is 2. The van der Waals surface area contributed by atoms with Crippen LogP contribution in [0.25, 0.3) is 0 Å². The summed E-state index contributed by atoms with van der Waals surface area (Å²) in [6, 6.07) is 16.7. The summed E-state index contributed by atoms with van der Waals surface area (Å²) < 4.78 is 27.7. The molecule has 21 heavy (non-hydrogen) atoms. The summed E-state index contributed by atoms with van der Waals surface area (Å²) in [5.74, 6) is 0. The maximum atomic E-state index is 12.5. The van der Waals surface area contributed by atoms with Crippen LogP contribution in [0.5, 0.6) is 0 Å². The topological polar surface area (TPSA) is 46.2 Å². The fourth-order valence-electron chi connectivity index (χ4n) is 2.17. The lowest BCUT2D eigenvalue weighted by Gasteiger charge is -2.17. The fraction of sp³-hybridized carbons (Fsp3) is 0.250. The summed E-state index contributed by atoms with van der Waals surface area (Å²) in [6.07, 6.45) is 0.650. The molecule has 0 saturated heterocycles. The number of benzene rings is 2. The van der Waals surface area contributed by atoms with E-state index in [1.807, 2.05) is 36.4 Å². The molecule has 3 nitrogen and oxygen atoms in total. The number of alkyl halides is 1. The van der Waals surface area contributed by atoms with Crippen molar-refractivity contribution in [3.8, 4) is 0 Å². The van der Waals surface area contributed by atoms with Gasteiger partial charge in [0.25, 0.3) is 0 Å². The van der Waals surface area contributed by atoms with Crippen LogP contribution in [-0.4, -0.2) is 19.8 Å². The van der Waals surface area contributed by atoms with Crippen molar-refractivity contribution in [2.75, 3.05) is 5.33 Å². The molecule has 5 heteroatoms. The smallest absolute Gasteiger partial charge is 0.207 e. The highest BCUT2D eigenvalue weighted by atomic mass is 79.9. The molecule has 0 aliphatic carbocycles. The van der Waals surface area contributed by atoms with E-state index in [4.69, 9.17) is 0 Å². The minimum Gasteiger partial charge on any atom is -0.207 e. The number of sulfonamides is 1. The summed E-state index contributed by atoms with van der Waals surface area (Å²) in [5, 5.41) is 0.563. The molecule has 2 aromatic carbocycles. The summed E-state index contributed by atoms with van der Waals surface area (Å²) in [5.41, 5.74) is 1.85. The molecule has 2 rings (SSSR count). The van der Waals surface area contributed by atoms with Gasteiger partial charge in [0, 0.05) is 11.4 Å². The SMILES string of the molecule is Cc1ccccc1S(=O)(=O)NC(CBr)Cc1ccccc1. The van der Waals surface area contributed by atoms with Crippen molar-refractivity contribution in [3.05, 3.63) is 65.7 Å². The Morgan fingerprint density at radius 2 is 1.67 bits per heavy atom. The first kappa shape index (κ1) is 16.2. The molecule has 112 valence electrons. The highest BCUT2D eigenvalue weighted by molar-refractivity contribution is 9.09. The molecular weight excluding hydrogens is 350 g/mol. The molecule has 0 saturated carbocycles. The van der Waals surface area contributed by atoms with Crippen molar-refractivity contribution in [2.24, 2.45) is 0 Å². The molecule has 0 aliphatic heterocycles. The number of aryl methyl sites for hydroxylation is 1. The maximum absolute atomic E-state index is 12.5. The Kier molecular flexibility index (Phi) is 5.56. The van der Waals surface area contributed by atoms with Gasteiger partial charge in [-0.25, -0.2) is 13.1 Å². The van der Waals surface area contributed by atoms with E-state index in [0.717, 1.165) is 11.1 Å². The average Bonchev–Trinajstić information content (AvgIpc) is 2.47. The van der Waals surface area contributed by atoms with Crippen LogP contribution in [0.2, 0.25) is 0 Å². The van der Waals surface area contributed by atoms with Gasteiger partial charge in [0.1, 0.15) is 0 Å². The normalized spacial score (nSPS) is 13.0. The first-order chi connectivity index (χ1) is 10.0. The first-order valence-electron chi connectivity index (χ1n) is 6.71. The van der Waals surface area contributed by atoms with Crippen LogP contribution >= 0.6 is 15.9 Å². The van der Waals surface area contributed by atoms with E-state index in [1.165, 1.54) is 0 Å². The van der Waals surface area contributed by atoms with Gasteiger partial charge < -0.3 is 0 Å². The van der Waals surface area contributed by atoms with Crippen molar-refractivity contribution < 1.29 is 8.42 Å². The second-order valence-corrected chi connectivity index (χ2v) is 7.26. The van der Waals surface area contributed by atoms with Crippen LogP contribution in [0, 0.1) is 6.92 Å². The van der Waals surface area contributed by atoms with Gasteiger partial charge in [0.15, 0.2) is 0 Å². The van der Waals surface area contributed by atoms with E-state index in [-0.39, 0.29) is 6.04 Å². The highest BCUT2D eigenvalue weighted by Gasteiger charge is 2.21. The average molecular weight is 368 g/mol. The Balaban J connectivity index is 2.16. The van der Waals surface area contributed by atoms with Gasteiger partial charge in [-0.05, 0) is 30.5 Å². The fourth-order valence-corrected chi connectivity index (χ4v) is 4.25. The quantitative estimate of drug-likeness (QED) is 0.796. The lowest BCUT2D eigenvalue weighted by molar-refractivity contribution is 0.562. The molecule has 0 bridgehead atoms. The molecule has 0 aliphatic rings. The second-order valence-electron chi connectivity index (χ2n) is 4.93. The van der Waals surface area contributed by atoms with E-state index in [1.54, 1.807) is 25.1 Å². The van der Waals surface area contributed by atoms with Crippen LogP contribution in [0.1, 0.15) is 11.1 Å². The summed E-state index contributed by atoms with van der Waals surface area (Å²) in [7, 11) is -3.50. The van der Waals surface area contributed by atoms with Gasteiger partial charge in [-0.1, -0.05) is 64.5 Å². The Morgan fingerprint density at radius 3 is 2.29 bits per heavy atom. The van der Waals surface area contributed by atoms with E-state index < -0.39 is 10.0 Å². The zero-order chi connectivity index (χ0) is 15.3. The lowest BCUT2D eigenvalue weighted by atomic mass is 10.1. The third-order valence-electron chi connectivity index (χ3n) is 3.22. The van der Waals surface area contributed by atoms with Crippen LogP contribution in [0.3, 0.4) is 0 Å². The minimum atomic E-state index is -3.50. The summed E-state index contributed by atoms with van der Waals surface area (Å²) in [4.78, 5) is 0.337. The van der Waals surface area contributed by atoms with E-state index in [9.17, 15) is 8.42 Å². The molecule has 0 radical (unpaired) electrons. The third kappa shape index (κ3) is 4.40. The predicted molar refractivity (Wildman–Crippen MR) is 89.2 cm³/mol. The first-order valence-corrected chi connectivity index (χ1v) is 9.31. The zero-order valence-electron chi connectivity index (χ0n) is 11.8. The monoisotopic (exact) mass is 367 g/mol. The van der Waals surface area contributed by atoms with Crippen LogP contribution < -0.4 is 4.72 Å². The predicted octanol–water partition coefficient (Wildman–Crippen LogP) is 3.28. The zero-order valence-corrected chi connectivity index (χ0v) is 14.2. The third-order valence-corrected chi connectivity index (χ3v) is 5.68. The van der Waals surface area contributed by atoms with Crippen molar-refractivity contribution in [1.29, 1.82) is 0 Å². The molecule has 0 spiro atoms. The molecule has 0 aromatic heterocycles. The van der Waals surface area contributed by atoms with Gasteiger partial charge in [0.05, 0.1) is 4.90 Å². The molecule has 0 amide bonds. The number of hydrogen-bond donors (Lipinski definition) is 1. The van der Waals surface area contributed by atoms with Crippen molar-refractivity contribution in [1.82, 2.24) is 4.72 Å². The molecule has 1 N–H and O–H groups in total. The van der Waals surface area contributed by atoms with E-state index in [2.05, 4.69) is 20.7 Å². The molecule has 1 atom stereocenters. The minimum absolute atomic E-state index is 0.183. The molecule has 0 fully saturated rings. The second kappa shape index (κ2) is 7.20. The lowest BCUT2D eigenvalue weighted by Crippen LogP contribution is -2.37. The van der Waals surface area contributed by atoms with E-state index >= 15 is 0 Å². The van der Waals surface area contributed by atoms with Gasteiger partial charge in [-0.15, -0.1) is 0 Å². The van der Waals surface area contributed by atoms with Crippen LogP contribution in [0.4, 0.5) is 0 Å². The summed E-state index contributed by atoms with van der Waals surface area (Å²) in [6.45, 7) is 1.80. The van der Waals surface area contributed by atoms with Gasteiger partial charge in [-0.2, -0.15) is 0 Å². The highest BCUT2D eigenvalue weighted by Crippen LogP contribution is 2.15. The Bertz CT molecular complexity index is 686. The maximum Gasteiger partial charge on any atom is 0.241 e. The standard InChI is InChI=1S/C16H18BrNO2S/c1-13-7-5-6-10-16(13)21(19,20)18-15(12-17)11-14-8-3-2-4-9-14/h2-10,15,18H,11-12H2,1H3. The molecule has 0 heterocycles. The van der Waals surface area contributed by atoms with Gasteiger partial charge >= 0.3 is 0 Å². The largest absolute Gasteiger partial charge is 0.241 e. The number of halogens is 1. The van der Waals surface area contributed by atoms with Gasteiger partial charge in [-0.3, -0.25) is 0 Å².